The Labute approximate surface area is 118 Å². The number of amides is 1. The lowest BCUT2D eigenvalue weighted by Gasteiger charge is -2.02. The molecule has 0 aliphatic heterocycles. The van der Waals surface area contributed by atoms with Gasteiger partial charge in [0.05, 0.1) is 5.52 Å². The number of ether oxygens (including phenoxy) is 1. The summed E-state index contributed by atoms with van der Waals surface area (Å²) in [6.45, 7) is -0.438. The van der Waals surface area contributed by atoms with Crippen LogP contribution in [-0.4, -0.2) is 33.8 Å². The average Bonchev–Trinajstić information content (AvgIpc) is 3.13. The van der Waals surface area contributed by atoms with Crippen LogP contribution in [0, 0.1) is 0 Å². The lowest BCUT2D eigenvalue weighted by Crippen LogP contribution is -2.21. The number of anilines is 1. The van der Waals surface area contributed by atoms with Crippen molar-refractivity contribution >= 4 is 28.6 Å². The first-order valence-corrected chi connectivity index (χ1v) is 6.04. The van der Waals surface area contributed by atoms with Crippen LogP contribution in [0.25, 0.3) is 10.9 Å². The van der Waals surface area contributed by atoms with E-state index in [0.717, 1.165) is 5.52 Å². The number of nitrogens with zero attached hydrogens (tertiary/aromatic N) is 2. The van der Waals surface area contributed by atoms with Crippen LogP contribution in [0.15, 0.2) is 41.1 Å². The van der Waals surface area contributed by atoms with Crippen molar-refractivity contribution in [3.05, 3.63) is 42.3 Å². The molecule has 2 aromatic heterocycles. The number of esters is 1. The van der Waals surface area contributed by atoms with Gasteiger partial charge in [-0.15, -0.1) is 0 Å². The topological polar surface area (TPSA) is 110 Å². The van der Waals surface area contributed by atoms with Crippen molar-refractivity contribution in [3.8, 4) is 0 Å². The van der Waals surface area contributed by atoms with Crippen molar-refractivity contribution in [1.29, 1.82) is 0 Å². The lowest BCUT2D eigenvalue weighted by atomic mass is 10.2. The molecule has 21 heavy (non-hydrogen) atoms. The monoisotopic (exact) mass is 286 g/mol. The van der Waals surface area contributed by atoms with E-state index in [1.165, 1.54) is 12.3 Å². The van der Waals surface area contributed by atoms with Crippen LogP contribution in [0.4, 0.5) is 5.82 Å². The van der Waals surface area contributed by atoms with Crippen LogP contribution < -0.4 is 5.32 Å². The van der Waals surface area contributed by atoms with E-state index in [1.807, 2.05) is 6.07 Å². The number of para-hydroxylation sites is 1. The minimum Gasteiger partial charge on any atom is -0.451 e. The van der Waals surface area contributed by atoms with Gasteiger partial charge in [-0.3, -0.25) is 9.89 Å². The van der Waals surface area contributed by atoms with E-state index in [1.54, 1.807) is 18.2 Å². The molecule has 1 aromatic carbocycles. The summed E-state index contributed by atoms with van der Waals surface area (Å²) in [5.74, 6) is -0.943. The molecule has 1 amide bonds. The Hall–Kier alpha value is -3.16. The van der Waals surface area contributed by atoms with Gasteiger partial charge in [-0.2, -0.15) is 5.10 Å². The van der Waals surface area contributed by atoms with Crippen LogP contribution >= 0.6 is 0 Å². The quantitative estimate of drug-likeness (QED) is 0.700. The highest BCUT2D eigenvalue weighted by Crippen LogP contribution is 2.15. The summed E-state index contributed by atoms with van der Waals surface area (Å²) >= 11 is 0. The summed E-state index contributed by atoms with van der Waals surface area (Å²) < 4.78 is 9.47. The number of hydrogen-bond acceptors (Lipinski definition) is 6. The minimum absolute atomic E-state index is 0.139. The minimum atomic E-state index is -0.678. The van der Waals surface area contributed by atoms with Gasteiger partial charge in [-0.05, 0) is 6.07 Å². The maximum Gasteiger partial charge on any atom is 0.359 e. The molecular weight excluding hydrogens is 276 g/mol. The molecule has 0 unspecified atom stereocenters. The number of fused-ring (bicyclic) bond motifs is 1. The highest BCUT2D eigenvalue weighted by molar-refractivity contribution is 6.02. The van der Waals surface area contributed by atoms with Gasteiger partial charge < -0.3 is 14.6 Å². The second kappa shape index (κ2) is 5.45. The third kappa shape index (κ3) is 2.73. The molecule has 0 spiro atoms. The Kier molecular flexibility index (Phi) is 3.34. The number of nitrogens with one attached hydrogen (secondary N) is 2. The van der Waals surface area contributed by atoms with Crippen molar-refractivity contribution < 1.29 is 18.8 Å². The van der Waals surface area contributed by atoms with Crippen molar-refractivity contribution in [3.63, 3.8) is 0 Å². The molecule has 0 fully saturated rings. The molecule has 0 saturated heterocycles. The molecular formula is C13H10N4O4. The van der Waals surface area contributed by atoms with Crippen LogP contribution in [0.2, 0.25) is 0 Å². The summed E-state index contributed by atoms with van der Waals surface area (Å²) in [7, 11) is 0. The molecule has 0 saturated carbocycles. The molecule has 0 aliphatic rings. The maximum absolute atomic E-state index is 11.9. The maximum atomic E-state index is 11.9. The van der Waals surface area contributed by atoms with E-state index in [-0.39, 0.29) is 11.5 Å². The van der Waals surface area contributed by atoms with Gasteiger partial charge in [0.25, 0.3) is 5.91 Å². The molecule has 0 radical (unpaired) electrons. The highest BCUT2D eigenvalue weighted by Gasteiger charge is 2.16. The predicted molar refractivity (Wildman–Crippen MR) is 71.5 cm³/mol. The average molecular weight is 286 g/mol. The van der Waals surface area contributed by atoms with Gasteiger partial charge in [0, 0.05) is 11.5 Å². The number of hydrogen-bond donors (Lipinski definition) is 2. The Morgan fingerprint density at radius 1 is 1.29 bits per heavy atom. The van der Waals surface area contributed by atoms with Crippen molar-refractivity contribution in [2.45, 2.75) is 0 Å². The molecule has 0 aliphatic carbocycles. The molecule has 0 bridgehead atoms. The van der Waals surface area contributed by atoms with E-state index >= 15 is 0 Å². The predicted octanol–water partition coefficient (Wildman–Crippen LogP) is 1.35. The van der Waals surface area contributed by atoms with Gasteiger partial charge >= 0.3 is 5.97 Å². The molecule has 2 heterocycles. The van der Waals surface area contributed by atoms with E-state index in [0.29, 0.717) is 5.39 Å². The number of H-pyrrole nitrogens is 1. The zero-order valence-electron chi connectivity index (χ0n) is 10.7. The number of aromatic amines is 1. The number of carbonyl (C=O) groups is 2. The van der Waals surface area contributed by atoms with Crippen molar-refractivity contribution in [2.24, 2.45) is 0 Å². The number of carbonyl (C=O) groups excluding carboxylic acids is 2. The molecule has 0 atom stereocenters. The fourth-order valence-electron chi connectivity index (χ4n) is 1.77. The normalized spacial score (nSPS) is 10.5. The van der Waals surface area contributed by atoms with E-state index in [4.69, 9.17) is 4.74 Å². The van der Waals surface area contributed by atoms with E-state index in [2.05, 4.69) is 25.2 Å². The van der Waals surface area contributed by atoms with Crippen LogP contribution in [0.5, 0.6) is 0 Å². The SMILES string of the molecule is O=C(COC(=O)c1n[nH]c2ccccc12)Nc1ccon1. The van der Waals surface area contributed by atoms with Gasteiger partial charge in [0.15, 0.2) is 18.1 Å². The summed E-state index contributed by atoms with van der Waals surface area (Å²) in [5, 5.41) is 13.2. The van der Waals surface area contributed by atoms with Gasteiger partial charge in [0.2, 0.25) is 0 Å². The first kappa shape index (κ1) is 12.9. The summed E-state index contributed by atoms with van der Waals surface area (Å²) in [4.78, 5) is 23.5. The van der Waals surface area contributed by atoms with E-state index < -0.39 is 18.5 Å². The fraction of sp³-hybridized carbons (Fsp3) is 0.0769. The smallest absolute Gasteiger partial charge is 0.359 e. The summed E-state index contributed by atoms with van der Waals surface area (Å²) in [6.07, 6.45) is 1.32. The van der Waals surface area contributed by atoms with Gasteiger partial charge in [-0.25, -0.2) is 4.79 Å². The third-order valence-corrected chi connectivity index (χ3v) is 2.70. The number of benzene rings is 1. The lowest BCUT2D eigenvalue weighted by molar-refractivity contribution is -0.119. The zero-order valence-corrected chi connectivity index (χ0v) is 10.7. The Bertz CT molecular complexity index is 778. The second-order valence-electron chi connectivity index (χ2n) is 4.13. The third-order valence-electron chi connectivity index (χ3n) is 2.70. The number of rotatable bonds is 4. The molecule has 3 rings (SSSR count). The molecule has 106 valence electrons. The van der Waals surface area contributed by atoms with Crippen LogP contribution in [0.1, 0.15) is 10.5 Å². The van der Waals surface area contributed by atoms with Gasteiger partial charge in [-0.1, -0.05) is 23.4 Å². The zero-order chi connectivity index (χ0) is 14.7. The standard InChI is InChI=1S/C13H10N4O4/c18-11(14-10-5-6-21-17-10)7-20-13(19)12-8-3-1-2-4-9(8)15-16-12/h1-6H,7H2,(H,15,16)(H,14,17,18). The summed E-state index contributed by atoms with van der Waals surface area (Å²) in [5.41, 5.74) is 0.858. The fourth-order valence-corrected chi connectivity index (χ4v) is 1.77. The van der Waals surface area contributed by atoms with Crippen LogP contribution in [0.3, 0.4) is 0 Å². The Morgan fingerprint density at radius 3 is 2.95 bits per heavy atom. The van der Waals surface area contributed by atoms with E-state index in [9.17, 15) is 9.59 Å². The first-order chi connectivity index (χ1) is 10.2. The van der Waals surface area contributed by atoms with Gasteiger partial charge in [0.1, 0.15) is 6.26 Å². The Morgan fingerprint density at radius 2 is 2.14 bits per heavy atom. The molecule has 3 aromatic rings. The second-order valence-corrected chi connectivity index (χ2v) is 4.13. The summed E-state index contributed by atoms with van der Waals surface area (Å²) in [6, 6.07) is 8.61. The first-order valence-electron chi connectivity index (χ1n) is 6.04. The van der Waals surface area contributed by atoms with Crippen molar-refractivity contribution in [2.75, 3.05) is 11.9 Å². The van der Waals surface area contributed by atoms with Crippen molar-refractivity contribution in [1.82, 2.24) is 15.4 Å². The van der Waals surface area contributed by atoms with Crippen LogP contribution in [-0.2, 0) is 9.53 Å². The largest absolute Gasteiger partial charge is 0.451 e. The number of aromatic nitrogens is 3. The molecule has 8 nitrogen and oxygen atoms in total. The Balaban J connectivity index is 1.63. The molecule has 2 N–H and O–H groups in total. The molecule has 8 heteroatoms. The highest BCUT2D eigenvalue weighted by atomic mass is 16.5.